The number of nitrogens with two attached hydrogens (primary N) is 1. The molecule has 0 aliphatic rings. The van der Waals surface area contributed by atoms with Gasteiger partial charge >= 0.3 is 0 Å². The Morgan fingerprint density at radius 3 is 2.38 bits per heavy atom. The molecule has 1 heterocycles. The standard InChI is InChI=1S/C12H13N3O/c13-11(10-6-2-1-3-7-10)12(16)14-15-8-4-5-9-15/h1-9,11H,13H2,(H,14,16)/t11-/m0/s1. The zero-order valence-corrected chi connectivity index (χ0v) is 8.71. The minimum atomic E-state index is -0.649. The van der Waals surface area contributed by atoms with Crippen molar-refractivity contribution < 1.29 is 4.79 Å². The lowest BCUT2D eigenvalue weighted by molar-refractivity contribution is -0.118. The number of rotatable bonds is 3. The highest BCUT2D eigenvalue weighted by molar-refractivity contribution is 5.89. The molecule has 0 saturated heterocycles. The van der Waals surface area contributed by atoms with Gasteiger partial charge in [0.1, 0.15) is 6.04 Å². The van der Waals surface area contributed by atoms with Gasteiger partial charge < -0.3 is 5.73 Å². The highest BCUT2D eigenvalue weighted by Gasteiger charge is 2.14. The second-order valence-corrected chi connectivity index (χ2v) is 3.45. The van der Waals surface area contributed by atoms with Gasteiger partial charge in [-0.3, -0.25) is 14.9 Å². The first-order valence-electron chi connectivity index (χ1n) is 5.02. The van der Waals surface area contributed by atoms with E-state index >= 15 is 0 Å². The molecule has 1 aromatic heterocycles. The second-order valence-electron chi connectivity index (χ2n) is 3.45. The largest absolute Gasteiger partial charge is 0.316 e. The van der Waals surface area contributed by atoms with Gasteiger partial charge in [-0.25, -0.2) is 0 Å². The van der Waals surface area contributed by atoms with Crippen LogP contribution in [0.2, 0.25) is 0 Å². The third kappa shape index (κ3) is 2.29. The quantitative estimate of drug-likeness (QED) is 0.809. The normalized spacial score (nSPS) is 12.1. The summed E-state index contributed by atoms with van der Waals surface area (Å²) >= 11 is 0. The predicted octanol–water partition coefficient (Wildman–Crippen LogP) is 1.26. The van der Waals surface area contributed by atoms with Gasteiger partial charge in [-0.15, -0.1) is 0 Å². The number of nitrogens with one attached hydrogen (secondary N) is 1. The average molecular weight is 215 g/mol. The molecule has 0 aliphatic heterocycles. The molecule has 0 saturated carbocycles. The van der Waals surface area contributed by atoms with Gasteiger partial charge in [-0.05, 0) is 17.7 Å². The van der Waals surface area contributed by atoms with Gasteiger partial charge in [0.05, 0.1) is 0 Å². The van der Waals surface area contributed by atoms with Crippen molar-refractivity contribution in [2.75, 3.05) is 5.43 Å². The van der Waals surface area contributed by atoms with E-state index in [4.69, 9.17) is 5.73 Å². The molecule has 16 heavy (non-hydrogen) atoms. The van der Waals surface area contributed by atoms with Crippen LogP contribution in [-0.4, -0.2) is 10.6 Å². The topological polar surface area (TPSA) is 60.1 Å². The molecule has 0 spiro atoms. The van der Waals surface area contributed by atoms with E-state index in [1.165, 1.54) is 0 Å². The molecule has 3 N–H and O–H groups in total. The van der Waals surface area contributed by atoms with Crippen LogP contribution in [0.5, 0.6) is 0 Å². The van der Waals surface area contributed by atoms with Crippen LogP contribution >= 0.6 is 0 Å². The van der Waals surface area contributed by atoms with Crippen LogP contribution in [0.1, 0.15) is 11.6 Å². The van der Waals surface area contributed by atoms with Crippen molar-refractivity contribution in [3.8, 4) is 0 Å². The molecule has 4 heteroatoms. The Morgan fingerprint density at radius 1 is 1.12 bits per heavy atom. The highest BCUT2D eigenvalue weighted by Crippen LogP contribution is 2.09. The monoisotopic (exact) mass is 215 g/mol. The summed E-state index contributed by atoms with van der Waals surface area (Å²) in [5.41, 5.74) is 9.30. The fourth-order valence-electron chi connectivity index (χ4n) is 1.42. The van der Waals surface area contributed by atoms with E-state index in [1.807, 2.05) is 42.5 Å². The average Bonchev–Trinajstić information content (AvgIpc) is 2.82. The van der Waals surface area contributed by atoms with E-state index < -0.39 is 6.04 Å². The Bertz CT molecular complexity index is 450. The molecule has 82 valence electrons. The van der Waals surface area contributed by atoms with Crippen LogP contribution in [0.4, 0.5) is 0 Å². The van der Waals surface area contributed by atoms with Crippen LogP contribution < -0.4 is 11.2 Å². The summed E-state index contributed by atoms with van der Waals surface area (Å²) in [4.78, 5) is 11.8. The van der Waals surface area contributed by atoms with Gasteiger partial charge in [-0.1, -0.05) is 30.3 Å². The number of hydrogen-bond acceptors (Lipinski definition) is 2. The molecule has 0 unspecified atom stereocenters. The number of carbonyl (C=O) groups excluding carboxylic acids is 1. The molecule has 0 aliphatic carbocycles. The fourth-order valence-corrected chi connectivity index (χ4v) is 1.42. The number of aromatic nitrogens is 1. The van der Waals surface area contributed by atoms with E-state index in [-0.39, 0.29) is 5.91 Å². The van der Waals surface area contributed by atoms with E-state index in [0.29, 0.717) is 0 Å². The van der Waals surface area contributed by atoms with Crippen molar-refractivity contribution in [1.82, 2.24) is 4.68 Å². The molecule has 1 atom stereocenters. The Balaban J connectivity index is 2.05. The first-order chi connectivity index (χ1) is 7.77. The van der Waals surface area contributed by atoms with Gasteiger partial charge in [0.25, 0.3) is 5.91 Å². The molecular weight excluding hydrogens is 202 g/mol. The minimum Gasteiger partial charge on any atom is -0.316 e. The van der Waals surface area contributed by atoms with Gasteiger partial charge in [0.15, 0.2) is 0 Å². The molecule has 4 nitrogen and oxygen atoms in total. The zero-order chi connectivity index (χ0) is 11.4. The lowest BCUT2D eigenvalue weighted by Gasteiger charge is -2.12. The first-order valence-corrected chi connectivity index (χ1v) is 5.02. The van der Waals surface area contributed by atoms with E-state index in [1.54, 1.807) is 17.1 Å². The predicted molar refractivity (Wildman–Crippen MR) is 62.2 cm³/mol. The van der Waals surface area contributed by atoms with Crippen LogP contribution in [0.15, 0.2) is 54.9 Å². The first kappa shape index (κ1) is 10.4. The number of carbonyl (C=O) groups is 1. The fraction of sp³-hybridized carbons (Fsp3) is 0.0833. The summed E-state index contributed by atoms with van der Waals surface area (Å²) in [6, 6.07) is 12.3. The summed E-state index contributed by atoms with van der Waals surface area (Å²) in [7, 11) is 0. The van der Waals surface area contributed by atoms with Crippen LogP contribution in [0.3, 0.4) is 0 Å². The molecular formula is C12H13N3O. The number of nitrogens with zero attached hydrogens (tertiary/aromatic N) is 1. The zero-order valence-electron chi connectivity index (χ0n) is 8.71. The highest BCUT2D eigenvalue weighted by atomic mass is 16.2. The van der Waals surface area contributed by atoms with Crippen LogP contribution in [-0.2, 0) is 4.79 Å². The lowest BCUT2D eigenvalue weighted by Crippen LogP contribution is -2.32. The SMILES string of the molecule is N[C@H](C(=O)Nn1cccc1)c1ccccc1. The van der Waals surface area contributed by atoms with Crippen molar-refractivity contribution in [3.63, 3.8) is 0 Å². The molecule has 0 fully saturated rings. The third-order valence-electron chi connectivity index (χ3n) is 2.28. The van der Waals surface area contributed by atoms with Gasteiger partial charge in [-0.2, -0.15) is 0 Å². The molecule has 0 radical (unpaired) electrons. The summed E-state index contributed by atoms with van der Waals surface area (Å²) in [6.45, 7) is 0. The Kier molecular flexibility index (Phi) is 3.03. The lowest BCUT2D eigenvalue weighted by atomic mass is 10.1. The van der Waals surface area contributed by atoms with Crippen molar-refractivity contribution >= 4 is 5.91 Å². The second kappa shape index (κ2) is 4.63. The van der Waals surface area contributed by atoms with E-state index in [2.05, 4.69) is 5.43 Å². The molecule has 2 aromatic rings. The minimum absolute atomic E-state index is 0.234. The smallest absolute Gasteiger partial charge is 0.260 e. The van der Waals surface area contributed by atoms with Gasteiger partial charge in [0.2, 0.25) is 0 Å². The number of hydrogen-bond donors (Lipinski definition) is 2. The maximum absolute atomic E-state index is 11.8. The van der Waals surface area contributed by atoms with Crippen molar-refractivity contribution in [3.05, 3.63) is 60.4 Å². The van der Waals surface area contributed by atoms with Crippen molar-refractivity contribution in [1.29, 1.82) is 0 Å². The maximum atomic E-state index is 11.8. The van der Waals surface area contributed by atoms with Crippen LogP contribution in [0, 0.1) is 0 Å². The Labute approximate surface area is 93.7 Å². The molecule has 2 rings (SSSR count). The van der Waals surface area contributed by atoms with Crippen molar-refractivity contribution in [2.45, 2.75) is 6.04 Å². The third-order valence-corrected chi connectivity index (χ3v) is 2.28. The number of benzene rings is 1. The number of amides is 1. The van der Waals surface area contributed by atoms with Crippen molar-refractivity contribution in [2.24, 2.45) is 5.73 Å². The summed E-state index contributed by atoms with van der Waals surface area (Å²) in [5, 5.41) is 0. The van der Waals surface area contributed by atoms with E-state index in [9.17, 15) is 4.79 Å². The summed E-state index contributed by atoms with van der Waals surface area (Å²) < 4.78 is 1.57. The molecule has 1 amide bonds. The Morgan fingerprint density at radius 2 is 1.75 bits per heavy atom. The molecule has 0 bridgehead atoms. The van der Waals surface area contributed by atoms with Crippen LogP contribution in [0.25, 0.3) is 0 Å². The summed E-state index contributed by atoms with van der Waals surface area (Å²) in [6.07, 6.45) is 3.49. The summed E-state index contributed by atoms with van der Waals surface area (Å²) in [5.74, 6) is -0.234. The van der Waals surface area contributed by atoms with Gasteiger partial charge in [0, 0.05) is 12.4 Å². The maximum Gasteiger partial charge on any atom is 0.260 e. The van der Waals surface area contributed by atoms with E-state index in [0.717, 1.165) is 5.56 Å². The molecule has 1 aromatic carbocycles. The Hall–Kier alpha value is -2.07.